The van der Waals surface area contributed by atoms with Crippen molar-refractivity contribution < 1.29 is 9.53 Å². The largest absolute Gasteiger partial charge is 0.457 e. The summed E-state index contributed by atoms with van der Waals surface area (Å²) in [5.41, 5.74) is 1.28. The summed E-state index contributed by atoms with van der Waals surface area (Å²) in [5.74, 6) is 2.21. The van der Waals surface area contributed by atoms with Gasteiger partial charge in [0.15, 0.2) is 0 Å². The zero-order valence-electron chi connectivity index (χ0n) is 9.40. The van der Waals surface area contributed by atoms with E-state index in [9.17, 15) is 4.79 Å². The van der Waals surface area contributed by atoms with Crippen LogP contribution >= 0.6 is 0 Å². The average Bonchev–Trinajstić information content (AvgIpc) is 2.54. The van der Waals surface area contributed by atoms with Crippen molar-refractivity contribution in [3.8, 4) is 0 Å². The molecular formula is C13H18O2. The first-order chi connectivity index (χ1) is 7.18. The second-order valence-electron chi connectivity index (χ2n) is 5.44. The third-order valence-electron chi connectivity index (χ3n) is 4.68. The lowest BCUT2D eigenvalue weighted by Crippen LogP contribution is -2.39. The molecule has 3 rings (SSSR count). The normalized spacial score (nSPS) is 48.3. The molecule has 0 aromatic heterocycles. The van der Waals surface area contributed by atoms with Gasteiger partial charge in [0, 0.05) is 5.92 Å². The van der Waals surface area contributed by atoms with E-state index >= 15 is 0 Å². The summed E-state index contributed by atoms with van der Waals surface area (Å²) < 4.78 is 5.53. The van der Waals surface area contributed by atoms with E-state index < -0.39 is 0 Å². The van der Waals surface area contributed by atoms with E-state index in [1.165, 1.54) is 12.0 Å². The molecule has 2 aliphatic carbocycles. The second-order valence-corrected chi connectivity index (χ2v) is 5.44. The minimum absolute atomic E-state index is 0.0663. The van der Waals surface area contributed by atoms with Crippen molar-refractivity contribution >= 4 is 5.97 Å². The molecule has 15 heavy (non-hydrogen) atoms. The van der Waals surface area contributed by atoms with E-state index in [-0.39, 0.29) is 18.0 Å². The summed E-state index contributed by atoms with van der Waals surface area (Å²) in [6.07, 6.45) is 5.79. The van der Waals surface area contributed by atoms with Gasteiger partial charge in [-0.2, -0.15) is 0 Å². The van der Waals surface area contributed by atoms with Crippen LogP contribution in [0.4, 0.5) is 0 Å². The summed E-state index contributed by atoms with van der Waals surface area (Å²) >= 11 is 0. The van der Waals surface area contributed by atoms with Crippen molar-refractivity contribution in [3.05, 3.63) is 11.6 Å². The Hall–Kier alpha value is -0.790. The van der Waals surface area contributed by atoms with Crippen LogP contribution in [0, 0.1) is 23.7 Å². The lowest BCUT2D eigenvalue weighted by molar-refractivity contribution is -0.143. The van der Waals surface area contributed by atoms with Gasteiger partial charge in [0.1, 0.15) is 6.10 Å². The lowest BCUT2D eigenvalue weighted by atomic mass is 9.62. The number of hydrogen-bond acceptors (Lipinski definition) is 2. The van der Waals surface area contributed by atoms with Crippen molar-refractivity contribution in [3.63, 3.8) is 0 Å². The van der Waals surface area contributed by atoms with Gasteiger partial charge in [-0.15, -0.1) is 0 Å². The van der Waals surface area contributed by atoms with Gasteiger partial charge in [-0.1, -0.05) is 13.0 Å². The molecule has 0 spiro atoms. The molecule has 2 fully saturated rings. The van der Waals surface area contributed by atoms with Gasteiger partial charge in [-0.25, -0.2) is 0 Å². The van der Waals surface area contributed by atoms with Gasteiger partial charge in [-0.3, -0.25) is 4.79 Å². The van der Waals surface area contributed by atoms with Crippen molar-refractivity contribution in [2.75, 3.05) is 0 Å². The van der Waals surface area contributed by atoms with Gasteiger partial charge in [-0.05, 0) is 43.6 Å². The number of allylic oxidation sites excluding steroid dienone is 1. The number of hydrogen-bond donors (Lipinski definition) is 0. The molecule has 5 atom stereocenters. The monoisotopic (exact) mass is 206 g/mol. The Bertz CT molecular complexity index is 331. The Kier molecular flexibility index (Phi) is 1.95. The Balaban J connectivity index is 2.00. The molecule has 1 heterocycles. The van der Waals surface area contributed by atoms with Crippen LogP contribution in [0.25, 0.3) is 0 Å². The van der Waals surface area contributed by atoms with Gasteiger partial charge in [0.05, 0.1) is 5.92 Å². The van der Waals surface area contributed by atoms with Crippen LogP contribution in [0.15, 0.2) is 11.6 Å². The zero-order chi connectivity index (χ0) is 10.6. The molecule has 0 bridgehead atoms. The van der Waals surface area contributed by atoms with E-state index in [1.807, 2.05) is 0 Å². The number of esters is 1. The van der Waals surface area contributed by atoms with Crippen LogP contribution in [0.3, 0.4) is 0 Å². The van der Waals surface area contributed by atoms with Gasteiger partial charge < -0.3 is 4.74 Å². The van der Waals surface area contributed by atoms with Crippen LogP contribution in [-0.4, -0.2) is 12.1 Å². The van der Waals surface area contributed by atoms with Crippen molar-refractivity contribution in [2.45, 2.75) is 39.2 Å². The van der Waals surface area contributed by atoms with E-state index in [2.05, 4.69) is 19.9 Å². The van der Waals surface area contributed by atoms with Crippen LogP contribution in [0.1, 0.15) is 33.1 Å². The summed E-state index contributed by atoms with van der Waals surface area (Å²) in [7, 11) is 0. The molecular weight excluding hydrogens is 188 g/mol. The summed E-state index contributed by atoms with van der Waals surface area (Å²) in [6, 6.07) is 0. The van der Waals surface area contributed by atoms with Crippen LogP contribution < -0.4 is 0 Å². The maximum absolute atomic E-state index is 11.8. The smallest absolute Gasteiger partial charge is 0.309 e. The fraction of sp³-hybridized carbons (Fsp3) is 0.769. The highest BCUT2D eigenvalue weighted by Crippen LogP contribution is 2.51. The topological polar surface area (TPSA) is 26.3 Å². The Morgan fingerprint density at radius 1 is 1.40 bits per heavy atom. The van der Waals surface area contributed by atoms with Crippen LogP contribution in [0.5, 0.6) is 0 Å². The highest BCUT2D eigenvalue weighted by atomic mass is 16.6. The van der Waals surface area contributed by atoms with Crippen molar-refractivity contribution in [1.29, 1.82) is 0 Å². The molecule has 0 N–H and O–H groups in total. The number of carbonyl (C=O) groups is 1. The first-order valence-corrected chi connectivity index (χ1v) is 6.05. The third-order valence-corrected chi connectivity index (χ3v) is 4.68. The molecule has 0 aromatic rings. The first kappa shape index (κ1) is 9.44. The second kappa shape index (κ2) is 3.10. The van der Waals surface area contributed by atoms with E-state index in [0.29, 0.717) is 11.8 Å². The lowest BCUT2D eigenvalue weighted by Gasteiger charge is -2.40. The average molecular weight is 206 g/mol. The van der Waals surface area contributed by atoms with E-state index in [1.54, 1.807) is 0 Å². The molecule has 1 aliphatic heterocycles. The fourth-order valence-electron chi connectivity index (χ4n) is 3.75. The minimum Gasteiger partial charge on any atom is -0.457 e. The standard InChI is InChI=1S/C13H18O2/c1-7-3-6-10-11-9(7)5-4-8(2)12(11)15-13(10)14/h4,7,9-12H,3,5-6H2,1-2H3/t7-,9+,10-,11+,12+/m1/s1. The van der Waals surface area contributed by atoms with Crippen LogP contribution in [0.2, 0.25) is 0 Å². The highest BCUT2D eigenvalue weighted by Gasteiger charge is 2.53. The maximum Gasteiger partial charge on any atom is 0.309 e. The number of ether oxygens (including phenoxy) is 1. The number of carbonyl (C=O) groups excluding carboxylic acids is 1. The molecule has 3 aliphatic rings. The Morgan fingerprint density at radius 2 is 2.20 bits per heavy atom. The molecule has 2 nitrogen and oxygen atoms in total. The summed E-state index contributed by atoms with van der Waals surface area (Å²) in [6.45, 7) is 4.44. The highest BCUT2D eigenvalue weighted by molar-refractivity contribution is 5.76. The first-order valence-electron chi connectivity index (χ1n) is 6.05. The minimum atomic E-state index is 0.0663. The summed E-state index contributed by atoms with van der Waals surface area (Å²) in [4.78, 5) is 11.8. The predicted octanol–water partition coefficient (Wildman–Crippen LogP) is 2.54. The third kappa shape index (κ3) is 1.20. The molecule has 0 unspecified atom stereocenters. The zero-order valence-corrected chi connectivity index (χ0v) is 9.40. The Labute approximate surface area is 90.7 Å². The van der Waals surface area contributed by atoms with Crippen LogP contribution in [-0.2, 0) is 9.53 Å². The van der Waals surface area contributed by atoms with E-state index in [0.717, 1.165) is 18.8 Å². The Morgan fingerprint density at radius 3 is 3.00 bits per heavy atom. The van der Waals surface area contributed by atoms with Crippen molar-refractivity contribution in [1.82, 2.24) is 0 Å². The molecule has 0 aromatic carbocycles. The predicted molar refractivity (Wildman–Crippen MR) is 57.1 cm³/mol. The van der Waals surface area contributed by atoms with E-state index in [4.69, 9.17) is 4.74 Å². The summed E-state index contributed by atoms with van der Waals surface area (Å²) in [5, 5.41) is 0. The SMILES string of the molecule is CC1=CC[C@@H]2[C@H]3[C@@H](CC[C@H]2C)C(=O)O[C@@H]13. The molecule has 0 amide bonds. The van der Waals surface area contributed by atoms with Crippen molar-refractivity contribution in [2.24, 2.45) is 23.7 Å². The molecule has 2 heteroatoms. The van der Waals surface area contributed by atoms with Gasteiger partial charge in [0.25, 0.3) is 0 Å². The van der Waals surface area contributed by atoms with Gasteiger partial charge in [0.2, 0.25) is 0 Å². The molecule has 1 saturated carbocycles. The maximum atomic E-state index is 11.8. The quantitative estimate of drug-likeness (QED) is 0.449. The number of rotatable bonds is 0. The molecule has 0 radical (unpaired) electrons. The molecule has 82 valence electrons. The molecule has 1 saturated heterocycles. The van der Waals surface area contributed by atoms with Gasteiger partial charge >= 0.3 is 5.97 Å². The fourth-order valence-corrected chi connectivity index (χ4v) is 3.75.